The second-order valence-electron chi connectivity index (χ2n) is 11.4. The van der Waals surface area contributed by atoms with Crippen LogP contribution in [0.2, 0.25) is 0 Å². The van der Waals surface area contributed by atoms with Gasteiger partial charge in [0, 0.05) is 12.3 Å². The zero-order chi connectivity index (χ0) is 32.3. The third-order valence-electron chi connectivity index (χ3n) is 7.98. The highest BCUT2D eigenvalue weighted by Gasteiger charge is 2.49. The summed E-state index contributed by atoms with van der Waals surface area (Å²) in [5.74, 6) is 0. The molecule has 1 aliphatic rings. The van der Waals surface area contributed by atoms with Crippen molar-refractivity contribution < 1.29 is 23.7 Å². The maximum atomic E-state index is 13.2. The van der Waals surface area contributed by atoms with Gasteiger partial charge in [-0.05, 0) is 22.3 Å². The molecule has 1 N–H and O–H groups in total. The number of aromatic amines is 1. The van der Waals surface area contributed by atoms with Crippen LogP contribution in [0, 0.1) is 0 Å². The number of hydrogen-bond acceptors (Lipinski definition) is 7. The first-order valence-electron chi connectivity index (χ1n) is 15.7. The topological polar surface area (TPSA) is 101 Å². The molecule has 5 aromatic rings. The van der Waals surface area contributed by atoms with Crippen LogP contribution in [0.4, 0.5) is 0 Å². The number of nitrogens with one attached hydrogen (secondary N) is 1. The lowest BCUT2D eigenvalue weighted by Gasteiger charge is -2.46. The van der Waals surface area contributed by atoms with Gasteiger partial charge in [0.15, 0.2) is 6.23 Å². The average Bonchev–Trinajstić information content (AvgIpc) is 3.11. The summed E-state index contributed by atoms with van der Waals surface area (Å²) in [4.78, 5) is 27.6. The molecule has 0 aliphatic carbocycles. The van der Waals surface area contributed by atoms with E-state index in [1.165, 1.54) is 16.8 Å². The first-order valence-corrected chi connectivity index (χ1v) is 15.7. The summed E-state index contributed by atoms with van der Waals surface area (Å²) in [7, 11) is 0. The van der Waals surface area contributed by atoms with Crippen LogP contribution in [0.3, 0.4) is 0 Å². The molecule has 6 rings (SSSR count). The van der Waals surface area contributed by atoms with Crippen molar-refractivity contribution >= 4 is 0 Å². The van der Waals surface area contributed by atoms with Gasteiger partial charge in [-0.15, -0.1) is 0 Å². The van der Waals surface area contributed by atoms with E-state index in [1.807, 2.05) is 121 Å². The van der Waals surface area contributed by atoms with E-state index in [0.717, 1.165) is 22.3 Å². The molecule has 1 fully saturated rings. The average molecular weight is 635 g/mol. The van der Waals surface area contributed by atoms with Gasteiger partial charge in [-0.3, -0.25) is 14.3 Å². The first kappa shape index (κ1) is 32.3. The van der Waals surface area contributed by atoms with Crippen molar-refractivity contribution in [2.75, 3.05) is 6.61 Å². The van der Waals surface area contributed by atoms with Crippen LogP contribution in [0.25, 0.3) is 0 Å². The minimum atomic E-state index is -0.967. The monoisotopic (exact) mass is 634 g/mol. The molecule has 0 radical (unpaired) electrons. The Morgan fingerprint density at radius 1 is 0.553 bits per heavy atom. The third kappa shape index (κ3) is 8.79. The van der Waals surface area contributed by atoms with E-state index in [0.29, 0.717) is 13.2 Å². The van der Waals surface area contributed by atoms with Crippen LogP contribution in [0.5, 0.6) is 0 Å². The first-order chi connectivity index (χ1) is 23.1. The number of hydrogen-bond donors (Lipinski definition) is 1. The summed E-state index contributed by atoms with van der Waals surface area (Å²) in [6.45, 7) is 1.31. The van der Waals surface area contributed by atoms with E-state index >= 15 is 0 Å². The van der Waals surface area contributed by atoms with E-state index in [4.69, 9.17) is 23.7 Å². The fraction of sp³-hybridized carbons (Fsp3) is 0.263. The molecule has 9 heteroatoms. The van der Waals surface area contributed by atoms with E-state index in [2.05, 4.69) is 4.98 Å². The summed E-state index contributed by atoms with van der Waals surface area (Å²) < 4.78 is 34.2. The van der Waals surface area contributed by atoms with Gasteiger partial charge in [0.1, 0.15) is 24.4 Å². The Kier molecular flexibility index (Phi) is 11.2. The Labute approximate surface area is 273 Å². The van der Waals surface area contributed by atoms with E-state index in [9.17, 15) is 9.59 Å². The van der Waals surface area contributed by atoms with Gasteiger partial charge >= 0.3 is 5.69 Å². The van der Waals surface area contributed by atoms with Crippen molar-refractivity contribution in [2.24, 2.45) is 0 Å². The molecule has 4 aromatic carbocycles. The number of benzene rings is 4. The highest BCUT2D eigenvalue weighted by molar-refractivity contribution is 5.16. The van der Waals surface area contributed by atoms with Crippen LogP contribution >= 0.6 is 0 Å². The number of rotatable bonds is 14. The molecular weight excluding hydrogens is 596 g/mol. The third-order valence-corrected chi connectivity index (χ3v) is 7.98. The van der Waals surface area contributed by atoms with Crippen molar-refractivity contribution in [2.45, 2.75) is 57.1 Å². The quantitative estimate of drug-likeness (QED) is 0.174. The highest BCUT2D eigenvalue weighted by Crippen LogP contribution is 2.35. The Bertz CT molecular complexity index is 1760. The Morgan fingerprint density at radius 2 is 1.00 bits per heavy atom. The number of aromatic nitrogens is 2. The zero-order valence-electron chi connectivity index (χ0n) is 25.9. The summed E-state index contributed by atoms with van der Waals surface area (Å²) >= 11 is 0. The van der Waals surface area contributed by atoms with Crippen LogP contribution in [-0.4, -0.2) is 40.6 Å². The normalized spacial score (nSPS) is 21.0. The van der Waals surface area contributed by atoms with Gasteiger partial charge in [-0.25, -0.2) is 4.79 Å². The van der Waals surface area contributed by atoms with Crippen molar-refractivity contribution in [3.63, 3.8) is 0 Å². The van der Waals surface area contributed by atoms with Crippen LogP contribution in [0.15, 0.2) is 143 Å². The Hall–Kier alpha value is -4.64. The molecule has 5 atom stereocenters. The second kappa shape index (κ2) is 16.3. The van der Waals surface area contributed by atoms with Gasteiger partial charge in [0.05, 0.1) is 33.0 Å². The molecule has 9 nitrogen and oxygen atoms in total. The number of ether oxygens (including phenoxy) is 5. The SMILES string of the molecule is O=c1ccn([C@@H]2O[C@H](COCc3ccccc3)[C@H](OCc3ccccc3)[C@H](OCc3ccccc3)[C@H]2OCc2ccccc2)c(=O)[nH]1. The van der Waals surface area contributed by atoms with Gasteiger partial charge in [-0.1, -0.05) is 121 Å². The van der Waals surface area contributed by atoms with Crippen molar-refractivity contribution in [3.05, 3.63) is 177 Å². The lowest BCUT2D eigenvalue weighted by molar-refractivity contribution is -0.291. The summed E-state index contributed by atoms with van der Waals surface area (Å²) in [6.07, 6.45) is -2.37. The molecule has 47 heavy (non-hydrogen) atoms. The maximum Gasteiger partial charge on any atom is 0.330 e. The molecule has 1 aromatic heterocycles. The fourth-order valence-electron chi connectivity index (χ4n) is 5.62. The van der Waals surface area contributed by atoms with Gasteiger partial charge in [0.25, 0.3) is 5.56 Å². The molecular formula is C38H38N2O7. The lowest BCUT2D eigenvalue weighted by atomic mass is 9.96. The molecule has 0 unspecified atom stereocenters. The molecule has 1 saturated heterocycles. The van der Waals surface area contributed by atoms with Crippen LogP contribution in [-0.2, 0) is 50.1 Å². The Morgan fingerprint density at radius 3 is 1.49 bits per heavy atom. The predicted octanol–water partition coefficient (Wildman–Crippen LogP) is 5.41. The molecule has 0 amide bonds. The Balaban J connectivity index is 1.36. The molecule has 0 bridgehead atoms. The largest absolute Gasteiger partial charge is 0.374 e. The summed E-state index contributed by atoms with van der Waals surface area (Å²) in [5, 5.41) is 0. The summed E-state index contributed by atoms with van der Waals surface area (Å²) in [6, 6.07) is 40.6. The van der Waals surface area contributed by atoms with Crippen molar-refractivity contribution in [1.29, 1.82) is 0 Å². The highest BCUT2D eigenvalue weighted by atomic mass is 16.6. The summed E-state index contributed by atoms with van der Waals surface area (Å²) in [5.41, 5.74) is 2.78. The molecule has 0 spiro atoms. The molecule has 1 aliphatic heterocycles. The minimum Gasteiger partial charge on any atom is -0.374 e. The second-order valence-corrected chi connectivity index (χ2v) is 11.4. The maximum absolute atomic E-state index is 13.2. The number of H-pyrrole nitrogens is 1. The number of nitrogens with zero attached hydrogens (tertiary/aromatic N) is 1. The minimum absolute atomic E-state index is 0.152. The smallest absolute Gasteiger partial charge is 0.330 e. The van der Waals surface area contributed by atoms with Crippen LogP contribution in [0.1, 0.15) is 28.5 Å². The van der Waals surface area contributed by atoms with Crippen molar-refractivity contribution in [3.8, 4) is 0 Å². The van der Waals surface area contributed by atoms with Gasteiger partial charge in [-0.2, -0.15) is 0 Å². The van der Waals surface area contributed by atoms with E-state index in [1.54, 1.807) is 0 Å². The molecule has 242 valence electrons. The molecule has 0 saturated carbocycles. The van der Waals surface area contributed by atoms with E-state index in [-0.39, 0.29) is 19.8 Å². The molecule has 2 heterocycles. The lowest BCUT2D eigenvalue weighted by Crippen LogP contribution is -2.60. The van der Waals surface area contributed by atoms with Gasteiger partial charge in [0.2, 0.25) is 0 Å². The van der Waals surface area contributed by atoms with E-state index < -0.39 is 41.9 Å². The zero-order valence-corrected chi connectivity index (χ0v) is 25.9. The standard InChI is InChI=1S/C38H38N2O7/c41-33-21-22-40(38(42)39-33)37-36(46-26-31-19-11-4-12-20-31)35(45-25-30-17-9-3-10-18-30)34(44-24-29-15-7-2-8-16-29)32(47-37)27-43-23-28-13-5-1-6-14-28/h1-22,32,34-37H,23-27H2,(H,39,41,42)/t32-,34+,35+,36-,37-/m1/s1. The van der Waals surface area contributed by atoms with Crippen LogP contribution < -0.4 is 11.2 Å². The predicted molar refractivity (Wildman–Crippen MR) is 176 cm³/mol. The van der Waals surface area contributed by atoms with Crippen molar-refractivity contribution in [1.82, 2.24) is 9.55 Å². The van der Waals surface area contributed by atoms with Gasteiger partial charge < -0.3 is 23.7 Å². The fourth-order valence-corrected chi connectivity index (χ4v) is 5.62.